The Hall–Kier alpha value is -2.54. The number of aryl methyl sites for hydroxylation is 1. The summed E-state index contributed by atoms with van der Waals surface area (Å²) in [6.07, 6.45) is 0.498. The van der Waals surface area contributed by atoms with Gasteiger partial charge in [-0.2, -0.15) is 0 Å². The first kappa shape index (κ1) is 18.3. The van der Waals surface area contributed by atoms with Crippen LogP contribution in [0.4, 0.5) is 0 Å². The van der Waals surface area contributed by atoms with E-state index in [1.54, 1.807) is 14.2 Å². The lowest BCUT2D eigenvalue weighted by atomic mass is 10.2. The van der Waals surface area contributed by atoms with E-state index >= 15 is 0 Å². The molecule has 0 saturated carbocycles. The molecule has 0 bridgehead atoms. The van der Waals surface area contributed by atoms with Crippen LogP contribution in [0.3, 0.4) is 0 Å². The summed E-state index contributed by atoms with van der Waals surface area (Å²) in [5, 5.41) is 2.93. The van der Waals surface area contributed by atoms with Gasteiger partial charge in [-0.3, -0.25) is 9.69 Å². The highest BCUT2D eigenvalue weighted by molar-refractivity contribution is 5.76. The zero-order valence-electron chi connectivity index (χ0n) is 15.7. The molecule has 1 aliphatic heterocycles. The van der Waals surface area contributed by atoms with E-state index in [0.717, 1.165) is 17.0 Å². The van der Waals surface area contributed by atoms with E-state index in [9.17, 15) is 4.79 Å². The van der Waals surface area contributed by atoms with Crippen molar-refractivity contribution in [2.45, 2.75) is 32.9 Å². The fraction of sp³-hybridized carbons (Fsp3) is 0.474. The summed E-state index contributed by atoms with van der Waals surface area (Å²) in [5.74, 6) is 2.75. The predicted octanol–water partition coefficient (Wildman–Crippen LogP) is 2.38. The van der Waals surface area contributed by atoms with Gasteiger partial charge in [-0.05, 0) is 32.0 Å². The van der Waals surface area contributed by atoms with Crippen LogP contribution < -0.4 is 14.8 Å². The van der Waals surface area contributed by atoms with Crippen molar-refractivity contribution < 1.29 is 18.7 Å². The molecule has 1 atom stereocenters. The zero-order chi connectivity index (χ0) is 18.7. The number of aromatic nitrogens is 1. The number of amides is 1. The molecular formula is C19H25N3O4. The van der Waals surface area contributed by atoms with E-state index in [4.69, 9.17) is 18.9 Å². The van der Waals surface area contributed by atoms with Gasteiger partial charge in [-0.15, -0.1) is 0 Å². The van der Waals surface area contributed by atoms with Gasteiger partial charge in [-0.1, -0.05) is 0 Å². The molecule has 3 rings (SSSR count). The van der Waals surface area contributed by atoms with Crippen LogP contribution in [-0.4, -0.2) is 49.1 Å². The molecule has 0 spiro atoms. The van der Waals surface area contributed by atoms with Crippen molar-refractivity contribution in [3.05, 3.63) is 29.7 Å². The lowest BCUT2D eigenvalue weighted by molar-refractivity contribution is -0.120. The minimum absolute atomic E-state index is 0.0954. The van der Waals surface area contributed by atoms with E-state index in [0.29, 0.717) is 43.4 Å². The van der Waals surface area contributed by atoms with Crippen molar-refractivity contribution in [3.8, 4) is 23.0 Å². The Bertz CT molecular complexity index is 787. The van der Waals surface area contributed by atoms with E-state index < -0.39 is 0 Å². The molecular weight excluding hydrogens is 334 g/mol. The molecule has 1 N–H and O–H groups in total. The van der Waals surface area contributed by atoms with Gasteiger partial charge in [0.2, 0.25) is 11.8 Å². The number of hydrogen-bond acceptors (Lipinski definition) is 6. The molecule has 2 aromatic rings. The van der Waals surface area contributed by atoms with Crippen LogP contribution >= 0.6 is 0 Å². The maximum atomic E-state index is 11.6. The maximum Gasteiger partial charge on any atom is 0.230 e. The van der Waals surface area contributed by atoms with Gasteiger partial charge in [0, 0.05) is 32.1 Å². The second-order valence-corrected chi connectivity index (χ2v) is 6.46. The number of hydrogen-bond donors (Lipinski definition) is 1. The van der Waals surface area contributed by atoms with E-state index in [1.807, 2.05) is 25.1 Å². The van der Waals surface area contributed by atoms with Crippen LogP contribution in [-0.2, 0) is 11.3 Å². The topological polar surface area (TPSA) is 76.8 Å². The normalized spacial score (nSPS) is 18.3. The maximum absolute atomic E-state index is 11.6. The number of oxazole rings is 1. The Morgan fingerprint density at radius 3 is 2.88 bits per heavy atom. The third-order valence-corrected chi connectivity index (χ3v) is 4.73. The van der Waals surface area contributed by atoms with Gasteiger partial charge in [0.15, 0.2) is 0 Å². The lowest BCUT2D eigenvalue weighted by Gasteiger charge is -2.25. The molecule has 1 aliphatic rings. The first-order valence-electron chi connectivity index (χ1n) is 8.71. The molecule has 1 saturated heterocycles. The Balaban J connectivity index is 1.86. The summed E-state index contributed by atoms with van der Waals surface area (Å²) in [4.78, 5) is 18.6. The average Bonchev–Trinajstić information content (AvgIpc) is 2.94. The highest BCUT2D eigenvalue weighted by Gasteiger charge is 2.23. The van der Waals surface area contributed by atoms with E-state index in [-0.39, 0.29) is 11.9 Å². The third-order valence-electron chi connectivity index (χ3n) is 4.73. The fourth-order valence-corrected chi connectivity index (χ4v) is 3.04. The van der Waals surface area contributed by atoms with Gasteiger partial charge < -0.3 is 19.2 Å². The van der Waals surface area contributed by atoms with Crippen molar-refractivity contribution in [1.82, 2.24) is 15.2 Å². The van der Waals surface area contributed by atoms with Crippen molar-refractivity contribution in [3.63, 3.8) is 0 Å². The largest absolute Gasteiger partial charge is 0.497 e. The third kappa shape index (κ3) is 3.83. The molecule has 140 valence electrons. The Kier molecular flexibility index (Phi) is 5.46. The molecule has 26 heavy (non-hydrogen) atoms. The minimum Gasteiger partial charge on any atom is -0.497 e. The highest BCUT2D eigenvalue weighted by Crippen LogP contribution is 2.34. The van der Waals surface area contributed by atoms with Gasteiger partial charge in [0.05, 0.1) is 25.5 Å². The number of ether oxygens (including phenoxy) is 2. The number of rotatable bonds is 5. The van der Waals surface area contributed by atoms with Gasteiger partial charge in [-0.25, -0.2) is 4.98 Å². The van der Waals surface area contributed by atoms with Crippen molar-refractivity contribution in [1.29, 1.82) is 0 Å². The van der Waals surface area contributed by atoms with Crippen LogP contribution in [0.2, 0.25) is 0 Å². The van der Waals surface area contributed by atoms with Crippen LogP contribution in [0.15, 0.2) is 22.6 Å². The van der Waals surface area contributed by atoms with Gasteiger partial charge in [0.1, 0.15) is 17.3 Å². The molecule has 1 amide bonds. The zero-order valence-corrected chi connectivity index (χ0v) is 15.7. The van der Waals surface area contributed by atoms with Crippen LogP contribution in [0.1, 0.15) is 24.8 Å². The predicted molar refractivity (Wildman–Crippen MR) is 97.3 cm³/mol. The van der Waals surface area contributed by atoms with Crippen molar-refractivity contribution in [2.75, 3.05) is 27.3 Å². The Morgan fingerprint density at radius 1 is 1.35 bits per heavy atom. The highest BCUT2D eigenvalue weighted by atomic mass is 16.5. The standard InChI is InChI=1S/C19H25N3O4/c1-12-10-20-18(23)7-8-22(12)11-16-13(2)26-19(21-16)15-9-14(24-3)5-6-17(15)25-4/h5-6,9,12H,7-8,10-11H2,1-4H3,(H,20,23)/t12-/m1/s1. The number of nitrogens with one attached hydrogen (secondary N) is 1. The summed E-state index contributed by atoms with van der Waals surface area (Å²) < 4.78 is 16.6. The molecule has 1 fully saturated rings. The summed E-state index contributed by atoms with van der Waals surface area (Å²) in [6, 6.07) is 5.77. The van der Waals surface area contributed by atoms with Crippen LogP contribution in [0, 0.1) is 6.92 Å². The number of carbonyl (C=O) groups is 1. The number of carbonyl (C=O) groups excluding carboxylic acids is 1. The number of nitrogens with zero attached hydrogens (tertiary/aromatic N) is 2. The molecule has 0 radical (unpaired) electrons. The molecule has 7 nitrogen and oxygen atoms in total. The molecule has 0 unspecified atom stereocenters. The smallest absolute Gasteiger partial charge is 0.230 e. The number of methoxy groups -OCH3 is 2. The summed E-state index contributed by atoms with van der Waals surface area (Å²) in [6.45, 7) is 6.00. The van der Waals surface area contributed by atoms with E-state index in [2.05, 4.69) is 17.1 Å². The minimum atomic E-state index is 0.0954. The average molecular weight is 359 g/mol. The Labute approximate surface area is 153 Å². The summed E-state index contributed by atoms with van der Waals surface area (Å²) >= 11 is 0. The number of benzene rings is 1. The molecule has 0 aliphatic carbocycles. The first-order valence-corrected chi connectivity index (χ1v) is 8.71. The summed E-state index contributed by atoms with van der Waals surface area (Å²) in [7, 11) is 3.23. The lowest BCUT2D eigenvalue weighted by Crippen LogP contribution is -2.37. The quantitative estimate of drug-likeness (QED) is 0.883. The molecule has 1 aromatic heterocycles. The second kappa shape index (κ2) is 7.78. The second-order valence-electron chi connectivity index (χ2n) is 6.46. The molecule has 7 heteroatoms. The van der Waals surface area contributed by atoms with Crippen molar-refractivity contribution in [2.24, 2.45) is 0 Å². The fourth-order valence-electron chi connectivity index (χ4n) is 3.04. The molecule has 2 heterocycles. The van der Waals surface area contributed by atoms with E-state index in [1.165, 1.54) is 0 Å². The Morgan fingerprint density at radius 2 is 2.15 bits per heavy atom. The monoisotopic (exact) mass is 359 g/mol. The summed E-state index contributed by atoms with van der Waals surface area (Å²) in [5.41, 5.74) is 1.62. The SMILES string of the molecule is COc1ccc(OC)c(-c2nc(CN3CCC(=O)NC[C@H]3C)c(C)o2)c1. The van der Waals surface area contributed by atoms with Crippen LogP contribution in [0.5, 0.6) is 11.5 Å². The van der Waals surface area contributed by atoms with Crippen LogP contribution in [0.25, 0.3) is 11.5 Å². The first-order chi connectivity index (χ1) is 12.5. The van der Waals surface area contributed by atoms with Gasteiger partial charge in [0.25, 0.3) is 0 Å². The molecule has 1 aromatic carbocycles. The van der Waals surface area contributed by atoms with Gasteiger partial charge >= 0.3 is 0 Å². The van der Waals surface area contributed by atoms with Crippen molar-refractivity contribution >= 4 is 5.91 Å².